The summed E-state index contributed by atoms with van der Waals surface area (Å²) >= 11 is 5.84. The molecule has 0 radical (unpaired) electrons. The minimum Gasteiger partial charge on any atom is -0.481 e. The molecule has 7 nitrogen and oxygen atoms in total. The molecule has 1 saturated heterocycles. The van der Waals surface area contributed by atoms with Gasteiger partial charge in [-0.25, -0.2) is 9.78 Å². The van der Waals surface area contributed by atoms with E-state index in [2.05, 4.69) is 10.3 Å². The van der Waals surface area contributed by atoms with Gasteiger partial charge < -0.3 is 15.3 Å². The van der Waals surface area contributed by atoms with Crippen LogP contribution in [0.5, 0.6) is 0 Å². The van der Waals surface area contributed by atoms with Crippen LogP contribution in [0.3, 0.4) is 0 Å². The Morgan fingerprint density at radius 2 is 2.33 bits per heavy atom. The predicted octanol–water partition coefficient (Wildman–Crippen LogP) is 1.94. The number of carboxylic acids is 1. The number of halogens is 1. The van der Waals surface area contributed by atoms with Gasteiger partial charge in [-0.15, -0.1) is 0 Å². The Balaban J connectivity index is 2.03. The van der Waals surface area contributed by atoms with Crippen LogP contribution in [0.1, 0.15) is 18.5 Å². The predicted molar refractivity (Wildman–Crippen MR) is 74.9 cm³/mol. The minimum atomic E-state index is -0.893. The van der Waals surface area contributed by atoms with Crippen molar-refractivity contribution < 1.29 is 14.7 Å². The summed E-state index contributed by atoms with van der Waals surface area (Å²) < 4.78 is 0. The molecule has 21 heavy (non-hydrogen) atoms. The number of nitrogens with one attached hydrogen (secondary N) is 1. The molecule has 1 aliphatic heterocycles. The molecule has 2 amide bonds. The first-order valence-electron chi connectivity index (χ1n) is 6.35. The molecule has 2 rings (SSSR count). The molecule has 0 bridgehead atoms. The van der Waals surface area contributed by atoms with Gasteiger partial charge in [-0.3, -0.25) is 4.79 Å². The summed E-state index contributed by atoms with van der Waals surface area (Å²) in [4.78, 5) is 28.3. The number of nitrogens with zero attached hydrogens (tertiary/aromatic N) is 3. The molecule has 8 heteroatoms. The monoisotopic (exact) mass is 308 g/mol. The summed E-state index contributed by atoms with van der Waals surface area (Å²) in [6, 6.07) is 2.86. The third kappa shape index (κ3) is 3.61. The number of carboxylic acid groups (broad SMARTS) is 1. The third-order valence-electron chi connectivity index (χ3n) is 3.26. The second kappa shape index (κ2) is 6.41. The third-order valence-corrected chi connectivity index (χ3v) is 3.54. The van der Waals surface area contributed by atoms with Crippen molar-refractivity contribution in [3.05, 3.63) is 23.0 Å². The van der Waals surface area contributed by atoms with Crippen LogP contribution in [0, 0.1) is 17.2 Å². The van der Waals surface area contributed by atoms with Crippen molar-refractivity contribution >= 4 is 29.3 Å². The summed E-state index contributed by atoms with van der Waals surface area (Å²) in [7, 11) is 0. The van der Waals surface area contributed by atoms with Crippen molar-refractivity contribution in [3.63, 3.8) is 0 Å². The fourth-order valence-corrected chi connectivity index (χ4v) is 2.36. The number of urea groups is 1. The molecular weight excluding hydrogens is 296 g/mol. The fourth-order valence-electron chi connectivity index (χ4n) is 2.15. The van der Waals surface area contributed by atoms with Crippen LogP contribution in [-0.2, 0) is 4.79 Å². The van der Waals surface area contributed by atoms with Crippen molar-refractivity contribution in [2.24, 2.45) is 5.92 Å². The van der Waals surface area contributed by atoms with Gasteiger partial charge in [0, 0.05) is 13.1 Å². The van der Waals surface area contributed by atoms with E-state index in [1.54, 1.807) is 0 Å². The van der Waals surface area contributed by atoms with Crippen molar-refractivity contribution in [1.82, 2.24) is 9.88 Å². The summed E-state index contributed by atoms with van der Waals surface area (Å²) in [5.74, 6) is -1.43. The van der Waals surface area contributed by atoms with Crippen LogP contribution in [0.2, 0.25) is 5.02 Å². The zero-order chi connectivity index (χ0) is 15.4. The number of pyridine rings is 1. The van der Waals surface area contributed by atoms with Gasteiger partial charge in [-0.2, -0.15) is 5.26 Å². The van der Waals surface area contributed by atoms with E-state index in [1.807, 2.05) is 6.07 Å². The molecule has 2 N–H and O–H groups in total. The number of aromatic nitrogens is 1. The van der Waals surface area contributed by atoms with Crippen molar-refractivity contribution in [3.8, 4) is 6.07 Å². The zero-order valence-electron chi connectivity index (χ0n) is 11.0. The first kappa shape index (κ1) is 15.1. The van der Waals surface area contributed by atoms with E-state index in [-0.39, 0.29) is 17.3 Å². The van der Waals surface area contributed by atoms with Crippen LogP contribution in [0.15, 0.2) is 12.3 Å². The van der Waals surface area contributed by atoms with Crippen molar-refractivity contribution in [2.45, 2.75) is 12.8 Å². The van der Waals surface area contributed by atoms with Gasteiger partial charge in [-0.1, -0.05) is 11.6 Å². The second-order valence-electron chi connectivity index (χ2n) is 4.72. The highest BCUT2D eigenvalue weighted by Crippen LogP contribution is 2.20. The average molecular weight is 309 g/mol. The summed E-state index contributed by atoms with van der Waals surface area (Å²) in [6.07, 6.45) is 2.56. The lowest BCUT2D eigenvalue weighted by molar-refractivity contribution is -0.143. The number of hydrogen-bond acceptors (Lipinski definition) is 4. The van der Waals surface area contributed by atoms with Gasteiger partial charge >= 0.3 is 12.0 Å². The summed E-state index contributed by atoms with van der Waals surface area (Å²) in [5, 5.41) is 20.5. The average Bonchev–Trinajstić information content (AvgIpc) is 2.47. The highest BCUT2D eigenvalue weighted by Gasteiger charge is 2.28. The number of rotatable bonds is 2. The molecule has 1 unspecified atom stereocenters. The summed E-state index contributed by atoms with van der Waals surface area (Å²) in [5.41, 5.74) is 0.444. The first-order valence-corrected chi connectivity index (χ1v) is 6.73. The van der Waals surface area contributed by atoms with E-state index in [0.29, 0.717) is 25.1 Å². The maximum Gasteiger partial charge on any atom is 0.321 e. The maximum absolute atomic E-state index is 12.1. The molecule has 1 aromatic rings. The van der Waals surface area contributed by atoms with E-state index in [9.17, 15) is 9.59 Å². The largest absolute Gasteiger partial charge is 0.481 e. The van der Waals surface area contributed by atoms with Gasteiger partial charge in [0.05, 0.1) is 22.8 Å². The van der Waals surface area contributed by atoms with E-state index >= 15 is 0 Å². The standard InChI is InChI=1S/C13H13ClN4O3/c14-10-4-9(6-16-11(10)5-15)17-13(21)18-3-1-2-8(7-18)12(19)20/h4,6,8H,1-3,7H2,(H,17,21)(H,19,20). The molecule has 1 atom stereocenters. The van der Waals surface area contributed by atoms with Gasteiger partial charge in [0.25, 0.3) is 0 Å². The number of hydrogen-bond donors (Lipinski definition) is 2. The van der Waals surface area contributed by atoms with Crippen LogP contribution < -0.4 is 5.32 Å². The van der Waals surface area contributed by atoms with E-state index < -0.39 is 17.9 Å². The molecule has 0 aromatic carbocycles. The molecule has 0 saturated carbocycles. The quantitative estimate of drug-likeness (QED) is 0.868. The molecule has 1 fully saturated rings. The van der Waals surface area contributed by atoms with E-state index in [1.165, 1.54) is 17.2 Å². The SMILES string of the molecule is N#Cc1ncc(NC(=O)N2CCCC(C(=O)O)C2)cc1Cl. The number of carbonyl (C=O) groups excluding carboxylic acids is 1. The van der Waals surface area contributed by atoms with Gasteiger partial charge in [-0.05, 0) is 18.9 Å². The van der Waals surface area contributed by atoms with Crippen molar-refractivity contribution in [2.75, 3.05) is 18.4 Å². The second-order valence-corrected chi connectivity index (χ2v) is 5.13. The van der Waals surface area contributed by atoms with Gasteiger partial charge in [0.2, 0.25) is 0 Å². The Morgan fingerprint density at radius 1 is 1.57 bits per heavy atom. The first-order chi connectivity index (χ1) is 10.0. The normalized spacial score (nSPS) is 17.9. The molecule has 110 valence electrons. The van der Waals surface area contributed by atoms with Gasteiger partial charge in [0.15, 0.2) is 5.69 Å². The number of aliphatic carboxylic acids is 1. The number of carbonyl (C=O) groups is 2. The van der Waals surface area contributed by atoms with E-state index in [4.69, 9.17) is 22.0 Å². The van der Waals surface area contributed by atoms with Gasteiger partial charge in [0.1, 0.15) is 6.07 Å². The Bertz CT molecular complexity index is 614. The van der Waals surface area contributed by atoms with Crippen molar-refractivity contribution in [1.29, 1.82) is 5.26 Å². The van der Waals surface area contributed by atoms with E-state index in [0.717, 1.165) is 0 Å². The Morgan fingerprint density at radius 3 is 2.95 bits per heavy atom. The minimum absolute atomic E-state index is 0.0820. The molecular formula is C13H13ClN4O3. The van der Waals surface area contributed by atoms with Crippen LogP contribution in [-0.4, -0.2) is 40.1 Å². The molecule has 1 aliphatic rings. The number of amides is 2. The highest BCUT2D eigenvalue weighted by atomic mass is 35.5. The highest BCUT2D eigenvalue weighted by molar-refractivity contribution is 6.31. The molecule has 2 heterocycles. The Kier molecular flexibility index (Phi) is 4.60. The van der Waals surface area contributed by atoms with Crippen LogP contribution >= 0.6 is 11.6 Å². The number of nitriles is 1. The molecule has 1 aromatic heterocycles. The smallest absolute Gasteiger partial charge is 0.321 e. The lowest BCUT2D eigenvalue weighted by Gasteiger charge is -2.30. The number of anilines is 1. The number of piperidine rings is 1. The van der Waals surface area contributed by atoms with Crippen LogP contribution in [0.25, 0.3) is 0 Å². The lowest BCUT2D eigenvalue weighted by Crippen LogP contribution is -2.44. The van der Waals surface area contributed by atoms with Crippen LogP contribution in [0.4, 0.5) is 10.5 Å². The zero-order valence-corrected chi connectivity index (χ0v) is 11.8. The topological polar surface area (TPSA) is 106 Å². The fraction of sp³-hybridized carbons (Fsp3) is 0.385. The maximum atomic E-state index is 12.1. The Labute approximate surface area is 126 Å². The summed E-state index contributed by atoms with van der Waals surface area (Å²) in [6.45, 7) is 0.686. The molecule has 0 aliphatic carbocycles. The molecule has 0 spiro atoms. The Hall–Kier alpha value is -2.33. The number of likely N-dealkylation sites (tertiary alicyclic amines) is 1. The lowest BCUT2D eigenvalue weighted by atomic mass is 9.99.